The Balaban J connectivity index is 1.90. The molecule has 0 aliphatic carbocycles. The molecule has 0 saturated carbocycles. The minimum Gasteiger partial charge on any atom is -0.550 e. The maximum Gasteiger partial charge on any atom is 0.263 e. The van der Waals surface area contributed by atoms with Gasteiger partial charge >= 0.3 is 0 Å². The van der Waals surface area contributed by atoms with Gasteiger partial charge in [-0.3, -0.25) is 4.79 Å². The number of thiophene rings is 1. The third-order valence-electron chi connectivity index (χ3n) is 3.69. The highest BCUT2D eigenvalue weighted by Gasteiger charge is 2.21. The van der Waals surface area contributed by atoms with Crippen LogP contribution in [0.3, 0.4) is 0 Å². The second kappa shape index (κ2) is 7.21. The summed E-state index contributed by atoms with van der Waals surface area (Å²) in [6, 6.07) is 11.7. The maximum absolute atomic E-state index is 13.1. The molecular formula is C18H12ClFNO3S-. The highest BCUT2D eigenvalue weighted by molar-refractivity contribution is 7.21. The Kier molecular flexibility index (Phi) is 5.01. The summed E-state index contributed by atoms with van der Waals surface area (Å²) in [5, 5.41) is 14.7. The highest BCUT2D eigenvalue weighted by Crippen LogP contribution is 2.35. The predicted molar refractivity (Wildman–Crippen MR) is 93.1 cm³/mol. The summed E-state index contributed by atoms with van der Waals surface area (Å²) in [6.45, 7) is 0. The lowest BCUT2D eigenvalue weighted by molar-refractivity contribution is -0.306. The van der Waals surface area contributed by atoms with Gasteiger partial charge in [-0.2, -0.15) is 0 Å². The summed E-state index contributed by atoms with van der Waals surface area (Å²) in [5.74, 6) is -2.26. The van der Waals surface area contributed by atoms with Gasteiger partial charge in [-0.15, -0.1) is 11.3 Å². The van der Waals surface area contributed by atoms with Gasteiger partial charge in [0, 0.05) is 22.5 Å². The Labute approximate surface area is 151 Å². The molecule has 4 nitrogen and oxygen atoms in total. The van der Waals surface area contributed by atoms with Crippen molar-refractivity contribution in [3.05, 3.63) is 69.8 Å². The Morgan fingerprint density at radius 3 is 2.48 bits per heavy atom. The van der Waals surface area contributed by atoms with Crippen molar-refractivity contribution in [1.29, 1.82) is 0 Å². The van der Waals surface area contributed by atoms with Crippen molar-refractivity contribution < 1.29 is 19.1 Å². The second-order valence-corrected chi connectivity index (χ2v) is 6.83. The molecule has 128 valence electrons. The van der Waals surface area contributed by atoms with Crippen LogP contribution in [0.4, 0.5) is 4.39 Å². The standard InChI is InChI=1S/C18H13ClFNO3S/c19-16-12-3-1-2-4-14(12)25-17(16)18(24)21-13(9-15(22)23)10-5-7-11(20)8-6-10/h1-8,13H,9H2,(H,21,24)(H,22,23)/p-1/t13-/m0/s1. The number of rotatable bonds is 5. The number of benzene rings is 2. The van der Waals surface area contributed by atoms with E-state index in [2.05, 4.69) is 5.32 Å². The first-order chi connectivity index (χ1) is 12.0. The molecule has 0 fully saturated rings. The fourth-order valence-corrected chi connectivity index (χ4v) is 3.92. The molecule has 1 N–H and O–H groups in total. The van der Waals surface area contributed by atoms with E-state index >= 15 is 0 Å². The van der Waals surface area contributed by atoms with Crippen molar-refractivity contribution >= 4 is 44.9 Å². The summed E-state index contributed by atoms with van der Waals surface area (Å²) in [5.41, 5.74) is 0.469. The normalized spacial score (nSPS) is 12.1. The Morgan fingerprint density at radius 2 is 1.84 bits per heavy atom. The van der Waals surface area contributed by atoms with Crippen molar-refractivity contribution in [2.45, 2.75) is 12.5 Å². The summed E-state index contributed by atoms with van der Waals surface area (Å²) in [4.78, 5) is 23.9. The number of carboxylic acid groups (broad SMARTS) is 1. The van der Waals surface area contributed by atoms with E-state index in [0.717, 1.165) is 10.1 Å². The minimum absolute atomic E-state index is 0.299. The van der Waals surface area contributed by atoms with E-state index in [9.17, 15) is 19.1 Å². The van der Waals surface area contributed by atoms with E-state index in [1.807, 2.05) is 24.3 Å². The number of carbonyl (C=O) groups is 2. The molecule has 1 amide bonds. The molecule has 0 saturated heterocycles. The van der Waals surface area contributed by atoms with Crippen LogP contribution in [0.15, 0.2) is 48.5 Å². The largest absolute Gasteiger partial charge is 0.550 e. The lowest BCUT2D eigenvalue weighted by Gasteiger charge is -2.19. The summed E-state index contributed by atoms with van der Waals surface area (Å²) >= 11 is 7.50. The van der Waals surface area contributed by atoms with Crippen LogP contribution in [-0.2, 0) is 4.79 Å². The number of aliphatic carboxylic acids is 1. The number of carboxylic acids is 1. The maximum atomic E-state index is 13.1. The minimum atomic E-state index is -1.32. The van der Waals surface area contributed by atoms with Gasteiger partial charge in [-0.1, -0.05) is 41.9 Å². The van der Waals surface area contributed by atoms with Crippen LogP contribution in [0.2, 0.25) is 5.02 Å². The van der Waals surface area contributed by atoms with Crippen LogP contribution < -0.4 is 10.4 Å². The number of nitrogens with one attached hydrogen (secondary N) is 1. The topological polar surface area (TPSA) is 69.2 Å². The molecule has 0 aliphatic heterocycles. The molecular weight excluding hydrogens is 365 g/mol. The van der Waals surface area contributed by atoms with Crippen molar-refractivity contribution in [2.75, 3.05) is 0 Å². The first-order valence-corrected chi connectivity index (χ1v) is 8.58. The van der Waals surface area contributed by atoms with E-state index in [1.165, 1.54) is 35.6 Å². The molecule has 1 heterocycles. The number of halogens is 2. The quantitative estimate of drug-likeness (QED) is 0.742. The van der Waals surface area contributed by atoms with Crippen molar-refractivity contribution in [2.24, 2.45) is 0 Å². The Bertz CT molecular complexity index is 939. The Morgan fingerprint density at radius 1 is 1.16 bits per heavy atom. The molecule has 7 heteroatoms. The SMILES string of the molecule is O=C([O-])C[C@H](NC(=O)c1sc2ccccc2c1Cl)c1ccc(F)cc1. The molecule has 3 rings (SSSR count). The third kappa shape index (κ3) is 3.81. The average molecular weight is 377 g/mol. The van der Waals surface area contributed by atoms with Crippen LogP contribution in [0.25, 0.3) is 10.1 Å². The van der Waals surface area contributed by atoms with Gasteiger partial charge in [0.05, 0.1) is 11.1 Å². The lowest BCUT2D eigenvalue weighted by atomic mass is 10.0. The second-order valence-electron chi connectivity index (χ2n) is 5.40. The number of hydrogen-bond acceptors (Lipinski definition) is 4. The Hall–Kier alpha value is -2.44. The summed E-state index contributed by atoms with van der Waals surface area (Å²) < 4.78 is 13.9. The summed E-state index contributed by atoms with van der Waals surface area (Å²) in [6.07, 6.45) is -0.431. The van der Waals surface area contributed by atoms with Crippen LogP contribution in [0.1, 0.15) is 27.7 Å². The fraction of sp³-hybridized carbons (Fsp3) is 0.111. The van der Waals surface area contributed by atoms with E-state index in [4.69, 9.17) is 11.6 Å². The highest BCUT2D eigenvalue weighted by atomic mass is 35.5. The van der Waals surface area contributed by atoms with Crippen LogP contribution >= 0.6 is 22.9 Å². The van der Waals surface area contributed by atoms with Crippen molar-refractivity contribution in [3.8, 4) is 0 Å². The molecule has 3 aromatic rings. The molecule has 0 bridgehead atoms. The zero-order valence-electron chi connectivity index (χ0n) is 12.8. The molecule has 25 heavy (non-hydrogen) atoms. The number of carbonyl (C=O) groups excluding carboxylic acids is 2. The molecule has 0 spiro atoms. The van der Waals surface area contributed by atoms with Crippen LogP contribution in [0.5, 0.6) is 0 Å². The molecule has 1 atom stereocenters. The van der Waals surface area contributed by atoms with Crippen LogP contribution in [0, 0.1) is 5.82 Å². The van der Waals surface area contributed by atoms with E-state index in [1.54, 1.807) is 0 Å². The van der Waals surface area contributed by atoms with E-state index in [-0.39, 0.29) is 0 Å². The summed E-state index contributed by atoms with van der Waals surface area (Å²) in [7, 11) is 0. The number of amides is 1. The van der Waals surface area contributed by atoms with Gasteiger partial charge < -0.3 is 15.2 Å². The molecule has 2 aromatic carbocycles. The predicted octanol–water partition coefficient (Wildman–Crippen LogP) is 3.30. The van der Waals surface area contributed by atoms with Gasteiger partial charge in [-0.25, -0.2) is 4.39 Å². The first-order valence-electron chi connectivity index (χ1n) is 7.39. The number of fused-ring (bicyclic) bond motifs is 1. The monoisotopic (exact) mass is 376 g/mol. The smallest absolute Gasteiger partial charge is 0.263 e. The van der Waals surface area contributed by atoms with Gasteiger partial charge in [0.25, 0.3) is 5.91 Å². The van der Waals surface area contributed by atoms with Gasteiger partial charge in [0.15, 0.2) is 0 Å². The molecule has 0 radical (unpaired) electrons. The zero-order chi connectivity index (χ0) is 18.0. The van der Waals surface area contributed by atoms with Gasteiger partial charge in [0.1, 0.15) is 10.7 Å². The van der Waals surface area contributed by atoms with Gasteiger partial charge in [-0.05, 0) is 23.8 Å². The molecule has 0 aliphatic rings. The van der Waals surface area contributed by atoms with Crippen molar-refractivity contribution in [1.82, 2.24) is 5.32 Å². The van der Waals surface area contributed by atoms with Gasteiger partial charge in [0.2, 0.25) is 0 Å². The van der Waals surface area contributed by atoms with E-state index < -0.39 is 30.2 Å². The number of hydrogen-bond donors (Lipinski definition) is 1. The fourth-order valence-electron chi connectivity index (χ4n) is 2.50. The zero-order valence-corrected chi connectivity index (χ0v) is 14.4. The lowest BCUT2D eigenvalue weighted by Crippen LogP contribution is -2.34. The third-order valence-corrected chi connectivity index (χ3v) is 5.36. The molecule has 1 aromatic heterocycles. The first kappa shape index (κ1) is 17.4. The van der Waals surface area contributed by atoms with Crippen molar-refractivity contribution in [3.63, 3.8) is 0 Å². The van der Waals surface area contributed by atoms with Crippen LogP contribution in [-0.4, -0.2) is 11.9 Å². The molecule has 0 unspecified atom stereocenters. The van der Waals surface area contributed by atoms with E-state index in [0.29, 0.717) is 15.5 Å². The average Bonchev–Trinajstić information content (AvgIpc) is 2.92.